The first kappa shape index (κ1) is 11.2. The van der Waals surface area contributed by atoms with Gasteiger partial charge in [0.15, 0.2) is 5.69 Å². The number of nitrogens with two attached hydrogens (primary N) is 1. The monoisotopic (exact) mass is 211 g/mol. The van der Waals surface area contributed by atoms with Crippen LogP contribution in [0.2, 0.25) is 0 Å². The fraction of sp³-hybridized carbons (Fsp3) is 0.444. The molecule has 0 fully saturated rings. The fourth-order valence-electron chi connectivity index (χ4n) is 0.886. The number of hydrogen-bond donors (Lipinski definition) is 1. The highest BCUT2D eigenvalue weighted by atomic mass is 16.6. The second-order valence-electron chi connectivity index (χ2n) is 3.99. The molecule has 0 saturated carbocycles. The summed E-state index contributed by atoms with van der Waals surface area (Å²) >= 11 is 0. The lowest BCUT2D eigenvalue weighted by atomic mass is 10.2. The maximum absolute atomic E-state index is 11.4. The van der Waals surface area contributed by atoms with Crippen LogP contribution in [0.5, 0.6) is 0 Å². The van der Waals surface area contributed by atoms with Crippen LogP contribution in [0.25, 0.3) is 0 Å². The Balaban J connectivity index is 2.79. The van der Waals surface area contributed by atoms with Gasteiger partial charge in [-0.05, 0) is 26.8 Å². The van der Waals surface area contributed by atoms with E-state index in [1.54, 1.807) is 20.8 Å². The molecule has 0 radical (unpaired) electrons. The van der Waals surface area contributed by atoms with E-state index in [-0.39, 0.29) is 5.69 Å². The van der Waals surface area contributed by atoms with E-state index in [1.165, 1.54) is 12.3 Å². The molecule has 1 heterocycles. The van der Waals surface area contributed by atoms with E-state index in [0.717, 1.165) is 4.68 Å². The maximum atomic E-state index is 11.4. The third-order valence-electron chi connectivity index (χ3n) is 1.42. The van der Waals surface area contributed by atoms with E-state index in [2.05, 4.69) is 5.10 Å². The molecule has 2 N–H and O–H groups in total. The molecule has 0 aliphatic heterocycles. The van der Waals surface area contributed by atoms with Crippen LogP contribution in [0.4, 0.5) is 4.79 Å². The molecule has 0 aliphatic carbocycles. The lowest BCUT2D eigenvalue weighted by molar-refractivity contribution is 0.00625. The first-order valence-corrected chi connectivity index (χ1v) is 4.38. The highest BCUT2D eigenvalue weighted by Gasteiger charge is 2.20. The standard InChI is InChI=1S/C9H13N3O3/c1-9(2,3)15-7(13)6-4-5-12(11-6)8(10)14/h4-5H,1-3H3,(H2,10,14). The van der Waals surface area contributed by atoms with Crippen molar-refractivity contribution in [3.8, 4) is 0 Å². The van der Waals surface area contributed by atoms with Crippen molar-refractivity contribution in [1.29, 1.82) is 0 Å². The molecule has 0 aromatic carbocycles. The zero-order valence-electron chi connectivity index (χ0n) is 8.85. The van der Waals surface area contributed by atoms with Crippen LogP contribution in [0, 0.1) is 0 Å². The van der Waals surface area contributed by atoms with Crippen molar-refractivity contribution in [2.45, 2.75) is 26.4 Å². The second kappa shape index (κ2) is 3.72. The van der Waals surface area contributed by atoms with Crippen molar-refractivity contribution in [3.05, 3.63) is 18.0 Å². The van der Waals surface area contributed by atoms with Crippen LogP contribution in [0.1, 0.15) is 31.3 Å². The number of ether oxygens (including phenoxy) is 1. The van der Waals surface area contributed by atoms with Crippen molar-refractivity contribution < 1.29 is 14.3 Å². The van der Waals surface area contributed by atoms with Gasteiger partial charge in [0.2, 0.25) is 0 Å². The lowest BCUT2D eigenvalue weighted by Crippen LogP contribution is -2.25. The number of hydrogen-bond acceptors (Lipinski definition) is 4. The highest BCUT2D eigenvalue weighted by Crippen LogP contribution is 2.10. The largest absolute Gasteiger partial charge is 0.455 e. The van der Waals surface area contributed by atoms with E-state index in [4.69, 9.17) is 10.5 Å². The van der Waals surface area contributed by atoms with Gasteiger partial charge in [-0.2, -0.15) is 9.78 Å². The number of nitrogens with zero attached hydrogens (tertiary/aromatic N) is 2. The summed E-state index contributed by atoms with van der Waals surface area (Å²) in [6.45, 7) is 5.24. The average Bonchev–Trinajstić information content (AvgIpc) is 2.47. The van der Waals surface area contributed by atoms with E-state index >= 15 is 0 Å². The first-order chi connectivity index (χ1) is 6.79. The molecule has 0 spiro atoms. The van der Waals surface area contributed by atoms with Crippen LogP contribution < -0.4 is 5.73 Å². The third kappa shape index (κ3) is 3.08. The number of esters is 1. The van der Waals surface area contributed by atoms with Gasteiger partial charge < -0.3 is 10.5 Å². The van der Waals surface area contributed by atoms with Crippen molar-refractivity contribution in [2.24, 2.45) is 5.73 Å². The van der Waals surface area contributed by atoms with E-state index in [1.807, 2.05) is 0 Å². The number of amides is 1. The SMILES string of the molecule is CC(C)(C)OC(=O)c1ccn(C(N)=O)n1. The number of rotatable bonds is 1. The molecule has 1 aromatic rings. The molecule has 0 atom stereocenters. The summed E-state index contributed by atoms with van der Waals surface area (Å²) in [4.78, 5) is 22.1. The highest BCUT2D eigenvalue weighted by molar-refractivity contribution is 5.88. The Bertz CT molecular complexity index is 390. The number of carbonyl (C=O) groups is 2. The summed E-state index contributed by atoms with van der Waals surface area (Å²) in [5, 5.41) is 3.66. The Morgan fingerprint density at radius 2 is 2.07 bits per heavy atom. The molecule has 1 rings (SSSR count). The molecule has 0 saturated heterocycles. The Hall–Kier alpha value is -1.85. The van der Waals surface area contributed by atoms with Crippen LogP contribution in [0.15, 0.2) is 12.3 Å². The van der Waals surface area contributed by atoms with Gasteiger partial charge in [-0.25, -0.2) is 9.59 Å². The van der Waals surface area contributed by atoms with Crippen molar-refractivity contribution in [2.75, 3.05) is 0 Å². The summed E-state index contributed by atoms with van der Waals surface area (Å²) in [5.41, 5.74) is 4.43. The molecule has 0 bridgehead atoms. The predicted molar refractivity (Wildman–Crippen MR) is 52.4 cm³/mol. The Labute approximate surface area is 87.0 Å². The molecule has 0 unspecified atom stereocenters. The summed E-state index contributed by atoms with van der Waals surface area (Å²) < 4.78 is 5.92. The predicted octanol–water partition coefficient (Wildman–Crippen LogP) is 0.765. The summed E-state index contributed by atoms with van der Waals surface area (Å²) in [5.74, 6) is -0.581. The molecule has 1 amide bonds. The Morgan fingerprint density at radius 3 is 2.47 bits per heavy atom. The van der Waals surface area contributed by atoms with Crippen molar-refractivity contribution in [1.82, 2.24) is 9.78 Å². The summed E-state index contributed by atoms with van der Waals surface area (Å²) in [6, 6.07) is 0.628. The van der Waals surface area contributed by atoms with E-state index < -0.39 is 17.6 Å². The minimum absolute atomic E-state index is 0.0590. The molecule has 6 heteroatoms. The molecule has 1 aromatic heterocycles. The van der Waals surface area contributed by atoms with Gasteiger partial charge in [0.1, 0.15) is 5.60 Å². The zero-order chi connectivity index (χ0) is 11.6. The van der Waals surface area contributed by atoms with Gasteiger partial charge in [0.05, 0.1) is 0 Å². The van der Waals surface area contributed by atoms with Crippen molar-refractivity contribution >= 4 is 12.0 Å². The van der Waals surface area contributed by atoms with Crippen LogP contribution in [0.3, 0.4) is 0 Å². The lowest BCUT2D eigenvalue weighted by Gasteiger charge is -2.18. The van der Waals surface area contributed by atoms with Crippen LogP contribution >= 0.6 is 0 Å². The van der Waals surface area contributed by atoms with Gasteiger partial charge in [0.25, 0.3) is 0 Å². The topological polar surface area (TPSA) is 87.2 Å². The van der Waals surface area contributed by atoms with E-state index in [0.29, 0.717) is 0 Å². The van der Waals surface area contributed by atoms with E-state index in [9.17, 15) is 9.59 Å². The number of primary amides is 1. The fourth-order valence-corrected chi connectivity index (χ4v) is 0.886. The number of aromatic nitrogens is 2. The van der Waals surface area contributed by atoms with Gasteiger partial charge in [-0.3, -0.25) is 0 Å². The summed E-state index contributed by atoms with van der Waals surface area (Å²) in [7, 11) is 0. The van der Waals surface area contributed by atoms with Gasteiger partial charge >= 0.3 is 12.0 Å². The molecular weight excluding hydrogens is 198 g/mol. The van der Waals surface area contributed by atoms with Crippen LogP contribution in [-0.2, 0) is 4.74 Å². The first-order valence-electron chi connectivity index (χ1n) is 4.38. The molecule has 15 heavy (non-hydrogen) atoms. The Kier molecular flexibility index (Phi) is 2.78. The minimum atomic E-state index is -0.746. The average molecular weight is 211 g/mol. The molecular formula is C9H13N3O3. The third-order valence-corrected chi connectivity index (χ3v) is 1.42. The van der Waals surface area contributed by atoms with Gasteiger partial charge in [0, 0.05) is 6.20 Å². The molecule has 0 aliphatic rings. The quantitative estimate of drug-likeness (QED) is 0.695. The molecule has 82 valence electrons. The van der Waals surface area contributed by atoms with Gasteiger partial charge in [-0.15, -0.1) is 0 Å². The smallest absolute Gasteiger partial charge is 0.359 e. The van der Waals surface area contributed by atoms with Crippen molar-refractivity contribution in [3.63, 3.8) is 0 Å². The van der Waals surface area contributed by atoms with Gasteiger partial charge in [-0.1, -0.05) is 0 Å². The normalized spacial score (nSPS) is 11.1. The minimum Gasteiger partial charge on any atom is -0.455 e. The Morgan fingerprint density at radius 1 is 1.47 bits per heavy atom. The molecule has 6 nitrogen and oxygen atoms in total. The number of carbonyl (C=O) groups excluding carboxylic acids is 2. The van der Waals surface area contributed by atoms with Crippen LogP contribution in [-0.4, -0.2) is 27.4 Å². The second-order valence-corrected chi connectivity index (χ2v) is 3.99. The zero-order valence-corrected chi connectivity index (χ0v) is 8.85. The summed E-state index contributed by atoms with van der Waals surface area (Å²) in [6.07, 6.45) is 1.31. The maximum Gasteiger partial charge on any atom is 0.359 e.